The van der Waals surface area contributed by atoms with Crippen molar-refractivity contribution in [1.82, 2.24) is 10.3 Å². The third-order valence-electron chi connectivity index (χ3n) is 2.45. The van der Waals surface area contributed by atoms with Crippen LogP contribution in [0.1, 0.15) is 31.5 Å². The Labute approximate surface area is 114 Å². The van der Waals surface area contributed by atoms with Crippen LogP contribution in [-0.4, -0.2) is 38.5 Å². The Morgan fingerprint density at radius 2 is 2.06 bits per heavy atom. The fourth-order valence-electron chi connectivity index (χ4n) is 1.32. The average molecular weight is 272 g/mol. The Balaban J connectivity index is 2.14. The number of thiazole rings is 1. The molecule has 4 nitrogen and oxygen atoms in total. The molecule has 0 bridgehead atoms. The predicted molar refractivity (Wildman–Crippen MR) is 75.2 cm³/mol. The molecule has 5 heteroatoms. The van der Waals surface area contributed by atoms with Gasteiger partial charge in [-0.1, -0.05) is 20.8 Å². The summed E-state index contributed by atoms with van der Waals surface area (Å²) < 4.78 is 10.3. The van der Waals surface area contributed by atoms with Gasteiger partial charge >= 0.3 is 0 Å². The second-order valence-corrected chi connectivity index (χ2v) is 6.10. The molecule has 0 saturated carbocycles. The van der Waals surface area contributed by atoms with Gasteiger partial charge in [0, 0.05) is 31.0 Å². The lowest BCUT2D eigenvalue weighted by atomic mass is 9.93. The van der Waals surface area contributed by atoms with Crippen molar-refractivity contribution in [3.05, 3.63) is 16.1 Å². The Morgan fingerprint density at radius 1 is 1.28 bits per heavy atom. The number of methoxy groups -OCH3 is 1. The third-order valence-corrected chi connectivity index (χ3v) is 3.30. The maximum Gasteiger partial charge on any atom is 0.107 e. The van der Waals surface area contributed by atoms with Gasteiger partial charge in [-0.3, -0.25) is 0 Å². The van der Waals surface area contributed by atoms with Crippen molar-refractivity contribution in [2.45, 2.75) is 32.7 Å². The van der Waals surface area contributed by atoms with E-state index in [-0.39, 0.29) is 5.41 Å². The topological polar surface area (TPSA) is 43.4 Å². The van der Waals surface area contributed by atoms with Crippen LogP contribution in [0, 0.1) is 0 Å². The first-order chi connectivity index (χ1) is 8.54. The summed E-state index contributed by atoms with van der Waals surface area (Å²) in [4.78, 5) is 4.62. The van der Waals surface area contributed by atoms with E-state index in [1.165, 1.54) is 5.69 Å². The zero-order valence-electron chi connectivity index (χ0n) is 11.8. The fourth-order valence-corrected chi connectivity index (χ4v) is 2.31. The van der Waals surface area contributed by atoms with Gasteiger partial charge in [0.1, 0.15) is 5.01 Å². The molecule has 0 atom stereocenters. The summed E-state index contributed by atoms with van der Waals surface area (Å²) in [5, 5.41) is 6.61. The van der Waals surface area contributed by atoms with E-state index in [2.05, 4.69) is 36.5 Å². The van der Waals surface area contributed by atoms with Gasteiger partial charge in [0.2, 0.25) is 0 Å². The number of ether oxygens (including phenoxy) is 2. The van der Waals surface area contributed by atoms with Gasteiger partial charge in [0.25, 0.3) is 0 Å². The molecule has 1 N–H and O–H groups in total. The lowest BCUT2D eigenvalue weighted by Crippen LogP contribution is -2.20. The van der Waals surface area contributed by atoms with Gasteiger partial charge < -0.3 is 14.8 Å². The molecule has 0 aliphatic carbocycles. The van der Waals surface area contributed by atoms with Crippen LogP contribution in [0.2, 0.25) is 0 Å². The summed E-state index contributed by atoms with van der Waals surface area (Å²) >= 11 is 1.71. The molecule has 0 aliphatic rings. The summed E-state index contributed by atoms with van der Waals surface area (Å²) in [5.74, 6) is 0. The molecule has 0 spiro atoms. The molecule has 1 rings (SSSR count). The number of nitrogens with one attached hydrogen (secondary N) is 1. The highest BCUT2D eigenvalue weighted by molar-refractivity contribution is 7.09. The lowest BCUT2D eigenvalue weighted by Gasteiger charge is -2.14. The van der Waals surface area contributed by atoms with Crippen molar-refractivity contribution in [2.24, 2.45) is 0 Å². The van der Waals surface area contributed by atoms with Crippen LogP contribution in [0.4, 0.5) is 0 Å². The molecule has 18 heavy (non-hydrogen) atoms. The van der Waals surface area contributed by atoms with Crippen LogP contribution in [0.15, 0.2) is 5.38 Å². The summed E-state index contributed by atoms with van der Waals surface area (Å²) in [7, 11) is 1.68. The molecule has 0 saturated heterocycles. The summed E-state index contributed by atoms with van der Waals surface area (Å²) in [6.45, 7) is 10.2. The van der Waals surface area contributed by atoms with Crippen LogP contribution in [0.3, 0.4) is 0 Å². The maximum absolute atomic E-state index is 5.37. The second kappa shape index (κ2) is 7.84. The van der Waals surface area contributed by atoms with Crippen molar-refractivity contribution in [3.8, 4) is 0 Å². The monoisotopic (exact) mass is 272 g/mol. The molecule has 0 unspecified atom stereocenters. The number of rotatable bonds is 8. The first kappa shape index (κ1) is 15.6. The normalized spacial score (nSPS) is 12.0. The molecule has 0 aromatic carbocycles. The van der Waals surface area contributed by atoms with Crippen LogP contribution >= 0.6 is 11.3 Å². The van der Waals surface area contributed by atoms with Gasteiger partial charge in [-0.15, -0.1) is 11.3 Å². The van der Waals surface area contributed by atoms with Gasteiger partial charge in [0.15, 0.2) is 0 Å². The molecule has 1 aromatic rings. The number of nitrogens with zero attached hydrogens (tertiary/aromatic N) is 1. The minimum atomic E-state index is 0.137. The Kier molecular flexibility index (Phi) is 6.78. The molecule has 0 amide bonds. The SMILES string of the molecule is COCCOCCNCc1nc(C(C)(C)C)cs1. The van der Waals surface area contributed by atoms with Crippen molar-refractivity contribution in [1.29, 1.82) is 0 Å². The van der Waals surface area contributed by atoms with Crippen LogP contribution in [0.5, 0.6) is 0 Å². The van der Waals surface area contributed by atoms with Crippen LogP contribution < -0.4 is 5.32 Å². The number of aromatic nitrogens is 1. The predicted octanol–water partition coefficient (Wildman–Crippen LogP) is 2.19. The molecular formula is C13H24N2O2S. The number of hydrogen-bond donors (Lipinski definition) is 1. The maximum atomic E-state index is 5.37. The van der Waals surface area contributed by atoms with Gasteiger partial charge in [-0.2, -0.15) is 0 Å². The third kappa shape index (κ3) is 5.91. The molecule has 104 valence electrons. The smallest absolute Gasteiger partial charge is 0.107 e. The van der Waals surface area contributed by atoms with E-state index in [4.69, 9.17) is 9.47 Å². The summed E-state index contributed by atoms with van der Waals surface area (Å²) in [6, 6.07) is 0. The molecule has 0 fully saturated rings. The largest absolute Gasteiger partial charge is 0.382 e. The average Bonchev–Trinajstić information content (AvgIpc) is 2.76. The molecule has 0 radical (unpaired) electrons. The number of hydrogen-bond acceptors (Lipinski definition) is 5. The highest BCUT2D eigenvalue weighted by Gasteiger charge is 2.16. The highest BCUT2D eigenvalue weighted by Crippen LogP contribution is 2.23. The zero-order valence-corrected chi connectivity index (χ0v) is 12.6. The summed E-state index contributed by atoms with van der Waals surface area (Å²) in [6.07, 6.45) is 0. The van der Waals surface area contributed by atoms with Crippen molar-refractivity contribution >= 4 is 11.3 Å². The Bertz CT molecular complexity index is 334. The summed E-state index contributed by atoms with van der Waals surface area (Å²) in [5.41, 5.74) is 1.30. The van der Waals surface area contributed by atoms with Crippen LogP contribution in [-0.2, 0) is 21.4 Å². The van der Waals surface area contributed by atoms with E-state index < -0.39 is 0 Å². The molecular weight excluding hydrogens is 248 g/mol. The lowest BCUT2D eigenvalue weighted by molar-refractivity contribution is 0.0719. The van der Waals surface area contributed by atoms with E-state index in [9.17, 15) is 0 Å². The first-order valence-corrected chi connectivity index (χ1v) is 7.14. The quantitative estimate of drug-likeness (QED) is 0.737. The van der Waals surface area contributed by atoms with Crippen molar-refractivity contribution in [3.63, 3.8) is 0 Å². The second-order valence-electron chi connectivity index (χ2n) is 5.16. The minimum Gasteiger partial charge on any atom is -0.382 e. The Morgan fingerprint density at radius 3 is 2.67 bits per heavy atom. The van der Waals surface area contributed by atoms with E-state index in [0.717, 1.165) is 18.1 Å². The minimum absolute atomic E-state index is 0.137. The van der Waals surface area contributed by atoms with Gasteiger partial charge in [-0.25, -0.2) is 4.98 Å². The van der Waals surface area contributed by atoms with E-state index in [0.29, 0.717) is 19.8 Å². The molecule has 1 aromatic heterocycles. The van der Waals surface area contributed by atoms with Crippen molar-refractivity contribution in [2.75, 3.05) is 33.5 Å². The molecule has 1 heterocycles. The zero-order chi connectivity index (χ0) is 13.4. The van der Waals surface area contributed by atoms with E-state index >= 15 is 0 Å². The Hall–Kier alpha value is -0.490. The van der Waals surface area contributed by atoms with Gasteiger partial charge in [-0.05, 0) is 0 Å². The van der Waals surface area contributed by atoms with Gasteiger partial charge in [0.05, 0.1) is 25.5 Å². The van der Waals surface area contributed by atoms with Crippen LogP contribution in [0.25, 0.3) is 0 Å². The standard InChI is InChI=1S/C13H24N2O2S/c1-13(2,3)11-10-18-12(15-11)9-14-5-6-17-8-7-16-4/h10,14H,5-9H2,1-4H3. The fraction of sp³-hybridized carbons (Fsp3) is 0.769. The molecule has 0 aliphatic heterocycles. The van der Waals surface area contributed by atoms with E-state index in [1.54, 1.807) is 18.4 Å². The first-order valence-electron chi connectivity index (χ1n) is 6.26. The van der Waals surface area contributed by atoms with Crippen molar-refractivity contribution < 1.29 is 9.47 Å². The van der Waals surface area contributed by atoms with E-state index in [1.807, 2.05) is 0 Å². The highest BCUT2D eigenvalue weighted by atomic mass is 32.1.